The molecule has 156 valence electrons. The van der Waals surface area contributed by atoms with Gasteiger partial charge in [0.1, 0.15) is 0 Å². The number of rotatable bonds is 5. The maximum Gasteiger partial charge on any atom is 0.239 e. The molecule has 1 N–H and O–H groups in total. The highest BCUT2D eigenvalue weighted by Crippen LogP contribution is 2.15. The van der Waals surface area contributed by atoms with Gasteiger partial charge in [-0.05, 0) is 33.1 Å². The zero-order valence-electron chi connectivity index (χ0n) is 16.9. The molecule has 0 aromatic heterocycles. The fourth-order valence-electron chi connectivity index (χ4n) is 4.05. The van der Waals surface area contributed by atoms with Gasteiger partial charge in [-0.1, -0.05) is 0 Å². The Balaban J connectivity index is 0.00000261. The molecule has 0 saturated carbocycles. The minimum absolute atomic E-state index is 0. The van der Waals surface area contributed by atoms with Crippen molar-refractivity contribution >= 4 is 35.8 Å². The number of guanidine groups is 1. The molecule has 3 saturated heterocycles. The van der Waals surface area contributed by atoms with Crippen LogP contribution < -0.4 is 5.32 Å². The molecule has 8 heteroatoms. The molecular formula is C19H36IN5O2. The van der Waals surface area contributed by atoms with Gasteiger partial charge in [0.25, 0.3) is 0 Å². The van der Waals surface area contributed by atoms with Crippen LogP contribution in [0.3, 0.4) is 0 Å². The predicted octanol–water partition coefficient (Wildman–Crippen LogP) is 1.23. The van der Waals surface area contributed by atoms with Crippen molar-refractivity contribution in [3.63, 3.8) is 0 Å². The van der Waals surface area contributed by atoms with E-state index in [1.165, 1.54) is 0 Å². The molecule has 0 aromatic carbocycles. The lowest BCUT2D eigenvalue weighted by molar-refractivity contribution is -0.135. The largest absolute Gasteiger partial charge is 0.381 e. The zero-order valence-corrected chi connectivity index (χ0v) is 19.2. The highest BCUT2D eigenvalue weighted by molar-refractivity contribution is 14.0. The van der Waals surface area contributed by atoms with Crippen molar-refractivity contribution in [1.29, 1.82) is 0 Å². The van der Waals surface area contributed by atoms with Gasteiger partial charge in [-0.3, -0.25) is 14.7 Å². The Hall–Kier alpha value is -0.610. The van der Waals surface area contributed by atoms with Crippen molar-refractivity contribution in [2.45, 2.75) is 39.2 Å². The number of aliphatic imine (C=N–C) groups is 1. The minimum atomic E-state index is -0.00888. The fourth-order valence-corrected chi connectivity index (χ4v) is 4.05. The van der Waals surface area contributed by atoms with Gasteiger partial charge in [0, 0.05) is 64.9 Å². The first-order valence-corrected chi connectivity index (χ1v) is 10.3. The number of piperazine rings is 1. The average Bonchev–Trinajstić information content (AvgIpc) is 3.38. The number of likely N-dealkylation sites (tertiary alicyclic amines) is 1. The van der Waals surface area contributed by atoms with Gasteiger partial charge in [-0.15, -0.1) is 24.0 Å². The summed E-state index contributed by atoms with van der Waals surface area (Å²) in [6.45, 7) is 13.2. The Kier molecular flexibility index (Phi) is 9.58. The monoisotopic (exact) mass is 493 g/mol. The van der Waals surface area contributed by atoms with Crippen LogP contribution >= 0.6 is 24.0 Å². The molecule has 0 aliphatic carbocycles. The van der Waals surface area contributed by atoms with Crippen LogP contribution in [0, 0.1) is 5.92 Å². The molecule has 0 bridgehead atoms. The minimum Gasteiger partial charge on any atom is -0.381 e. The molecule has 7 nitrogen and oxygen atoms in total. The van der Waals surface area contributed by atoms with Crippen LogP contribution in [0.15, 0.2) is 4.99 Å². The van der Waals surface area contributed by atoms with Crippen molar-refractivity contribution < 1.29 is 9.53 Å². The maximum atomic E-state index is 12.6. The molecule has 3 fully saturated rings. The number of carbonyl (C=O) groups is 1. The van der Waals surface area contributed by atoms with Gasteiger partial charge in [-0.25, -0.2) is 0 Å². The molecule has 3 rings (SSSR count). The SMILES string of the molecule is CCNC(=NCC1CCOC1)N1CCN(C(C)C(=O)N2CCCC2)CC1.I. The van der Waals surface area contributed by atoms with Crippen LogP contribution in [-0.2, 0) is 9.53 Å². The zero-order chi connectivity index (χ0) is 18.4. The van der Waals surface area contributed by atoms with E-state index in [-0.39, 0.29) is 30.0 Å². The predicted molar refractivity (Wildman–Crippen MR) is 119 cm³/mol. The smallest absolute Gasteiger partial charge is 0.239 e. The maximum absolute atomic E-state index is 12.6. The van der Waals surface area contributed by atoms with E-state index in [0.717, 1.165) is 90.8 Å². The normalized spacial score (nSPS) is 25.4. The highest BCUT2D eigenvalue weighted by Gasteiger charge is 2.30. The highest BCUT2D eigenvalue weighted by atomic mass is 127. The third kappa shape index (κ3) is 6.19. The first-order chi connectivity index (χ1) is 12.7. The second-order valence-corrected chi connectivity index (χ2v) is 7.66. The number of amides is 1. The van der Waals surface area contributed by atoms with Gasteiger partial charge >= 0.3 is 0 Å². The molecule has 27 heavy (non-hydrogen) atoms. The molecule has 3 heterocycles. The summed E-state index contributed by atoms with van der Waals surface area (Å²) in [5, 5.41) is 3.43. The summed E-state index contributed by atoms with van der Waals surface area (Å²) in [7, 11) is 0. The number of halogens is 1. The van der Waals surface area contributed by atoms with E-state index >= 15 is 0 Å². The Morgan fingerprint density at radius 1 is 1.15 bits per heavy atom. The van der Waals surface area contributed by atoms with E-state index in [1.807, 2.05) is 4.90 Å². The molecule has 0 aromatic rings. The second-order valence-electron chi connectivity index (χ2n) is 7.66. The van der Waals surface area contributed by atoms with Gasteiger partial charge in [0.05, 0.1) is 12.6 Å². The lowest BCUT2D eigenvalue weighted by atomic mass is 10.1. The number of nitrogens with zero attached hydrogens (tertiary/aromatic N) is 4. The fraction of sp³-hybridized carbons (Fsp3) is 0.895. The molecule has 1 amide bonds. The summed E-state index contributed by atoms with van der Waals surface area (Å²) in [6, 6.07) is -0.00888. The standard InChI is InChI=1S/C19H35N5O2.HI/c1-3-20-19(21-14-17-6-13-26-15-17)24-11-9-22(10-12-24)16(2)18(25)23-7-4-5-8-23;/h16-17H,3-15H2,1-2H3,(H,20,21);1H. The molecule has 0 radical (unpaired) electrons. The topological polar surface area (TPSA) is 60.4 Å². The quantitative estimate of drug-likeness (QED) is 0.355. The third-order valence-corrected chi connectivity index (χ3v) is 5.79. The second kappa shape index (κ2) is 11.4. The average molecular weight is 493 g/mol. The number of hydrogen-bond donors (Lipinski definition) is 1. The van der Waals surface area contributed by atoms with E-state index in [4.69, 9.17) is 9.73 Å². The van der Waals surface area contributed by atoms with Gasteiger partial charge in [-0.2, -0.15) is 0 Å². The molecule has 2 atom stereocenters. The van der Waals surface area contributed by atoms with Gasteiger partial charge < -0.3 is 19.9 Å². The van der Waals surface area contributed by atoms with Crippen molar-refractivity contribution in [2.75, 3.05) is 65.6 Å². The van der Waals surface area contributed by atoms with Crippen LogP contribution in [0.2, 0.25) is 0 Å². The molecule has 2 unspecified atom stereocenters. The van der Waals surface area contributed by atoms with Crippen LogP contribution in [-0.4, -0.2) is 98.2 Å². The molecular weight excluding hydrogens is 457 g/mol. The van der Waals surface area contributed by atoms with Crippen LogP contribution in [0.5, 0.6) is 0 Å². The lowest BCUT2D eigenvalue weighted by Crippen LogP contribution is -2.57. The Bertz CT molecular complexity index is 484. The Labute approximate surface area is 180 Å². The van der Waals surface area contributed by atoms with Crippen molar-refractivity contribution in [3.8, 4) is 0 Å². The molecule has 3 aliphatic heterocycles. The van der Waals surface area contributed by atoms with Crippen molar-refractivity contribution in [2.24, 2.45) is 10.9 Å². The molecule has 0 spiro atoms. The number of nitrogens with one attached hydrogen (secondary N) is 1. The number of ether oxygens (including phenoxy) is 1. The van der Waals surface area contributed by atoms with Crippen molar-refractivity contribution in [3.05, 3.63) is 0 Å². The van der Waals surface area contributed by atoms with E-state index in [1.54, 1.807) is 0 Å². The van der Waals surface area contributed by atoms with E-state index in [9.17, 15) is 4.79 Å². The van der Waals surface area contributed by atoms with E-state index in [2.05, 4.69) is 29.0 Å². The Morgan fingerprint density at radius 2 is 1.85 bits per heavy atom. The lowest BCUT2D eigenvalue weighted by Gasteiger charge is -2.39. The summed E-state index contributed by atoms with van der Waals surface area (Å²) >= 11 is 0. The first-order valence-electron chi connectivity index (χ1n) is 10.3. The van der Waals surface area contributed by atoms with E-state index in [0.29, 0.717) is 11.8 Å². The Morgan fingerprint density at radius 3 is 2.44 bits per heavy atom. The van der Waals surface area contributed by atoms with Crippen LogP contribution in [0.1, 0.15) is 33.1 Å². The summed E-state index contributed by atoms with van der Waals surface area (Å²) in [5.74, 6) is 1.87. The van der Waals surface area contributed by atoms with Crippen LogP contribution in [0.25, 0.3) is 0 Å². The van der Waals surface area contributed by atoms with Crippen molar-refractivity contribution in [1.82, 2.24) is 20.0 Å². The third-order valence-electron chi connectivity index (χ3n) is 5.79. The first kappa shape index (κ1) is 22.7. The van der Waals surface area contributed by atoms with E-state index < -0.39 is 0 Å². The summed E-state index contributed by atoms with van der Waals surface area (Å²) in [4.78, 5) is 24.2. The molecule has 3 aliphatic rings. The summed E-state index contributed by atoms with van der Waals surface area (Å²) < 4.78 is 5.45. The number of hydrogen-bond acceptors (Lipinski definition) is 4. The number of carbonyl (C=O) groups excluding carboxylic acids is 1. The van der Waals surface area contributed by atoms with Crippen LogP contribution in [0.4, 0.5) is 0 Å². The summed E-state index contributed by atoms with van der Waals surface area (Å²) in [5.41, 5.74) is 0. The van der Waals surface area contributed by atoms with Gasteiger partial charge in [0.15, 0.2) is 5.96 Å². The van der Waals surface area contributed by atoms with Gasteiger partial charge in [0.2, 0.25) is 5.91 Å². The summed E-state index contributed by atoms with van der Waals surface area (Å²) in [6.07, 6.45) is 3.42.